The highest BCUT2D eigenvalue weighted by Crippen LogP contribution is 2.24. The molecule has 2 N–H and O–H groups in total. The highest BCUT2D eigenvalue weighted by Gasteiger charge is 2.23. The van der Waals surface area contributed by atoms with Gasteiger partial charge < -0.3 is 14.8 Å². The molecule has 1 unspecified atom stereocenters. The average Bonchev–Trinajstić information content (AvgIpc) is 2.75. The van der Waals surface area contributed by atoms with E-state index >= 15 is 0 Å². The number of fused-ring (bicyclic) bond motifs is 1. The Balaban J connectivity index is 2.25. The molecule has 100 valence electrons. The first kappa shape index (κ1) is 12.0. The predicted molar refractivity (Wildman–Crippen MR) is 68.6 cm³/mol. The summed E-state index contributed by atoms with van der Waals surface area (Å²) in [6.07, 6.45) is 1.69. The summed E-state index contributed by atoms with van der Waals surface area (Å²) in [5, 5.41) is 9.25. The smallest absolute Gasteiger partial charge is 0.337 e. The molecule has 0 spiro atoms. The maximum atomic E-state index is 12.1. The van der Waals surface area contributed by atoms with Crippen molar-refractivity contribution in [2.75, 3.05) is 13.2 Å². The van der Waals surface area contributed by atoms with E-state index < -0.39 is 5.97 Å². The van der Waals surface area contributed by atoms with Gasteiger partial charge in [-0.3, -0.25) is 4.57 Å². The van der Waals surface area contributed by atoms with Crippen LogP contribution in [0.25, 0.3) is 11.0 Å². The van der Waals surface area contributed by atoms with E-state index in [-0.39, 0.29) is 17.3 Å². The number of H-pyrrole nitrogens is 1. The van der Waals surface area contributed by atoms with E-state index in [2.05, 4.69) is 4.98 Å². The third-order valence-corrected chi connectivity index (χ3v) is 3.47. The molecule has 1 aliphatic rings. The van der Waals surface area contributed by atoms with Crippen LogP contribution in [0, 0.1) is 0 Å². The number of benzene rings is 1. The fourth-order valence-electron chi connectivity index (χ4n) is 2.63. The largest absolute Gasteiger partial charge is 0.478 e. The van der Waals surface area contributed by atoms with Crippen molar-refractivity contribution in [2.24, 2.45) is 0 Å². The summed E-state index contributed by atoms with van der Waals surface area (Å²) < 4.78 is 6.91. The van der Waals surface area contributed by atoms with E-state index in [0.29, 0.717) is 24.2 Å². The molecular formula is C13H14N2O4. The van der Waals surface area contributed by atoms with Gasteiger partial charge in [0.05, 0.1) is 29.2 Å². The summed E-state index contributed by atoms with van der Waals surface area (Å²) in [5.41, 5.74) is 0.867. The first-order valence-electron chi connectivity index (χ1n) is 6.23. The number of nitrogens with zero attached hydrogens (tertiary/aromatic N) is 1. The van der Waals surface area contributed by atoms with E-state index in [1.165, 1.54) is 10.6 Å². The van der Waals surface area contributed by atoms with Crippen LogP contribution in [0.3, 0.4) is 0 Å². The molecule has 2 aromatic rings. The number of para-hydroxylation sites is 1. The van der Waals surface area contributed by atoms with Gasteiger partial charge in [0.15, 0.2) is 0 Å². The van der Waals surface area contributed by atoms with Crippen LogP contribution in [-0.4, -0.2) is 33.8 Å². The number of nitrogens with one attached hydrogen (secondary N) is 1. The molecule has 6 nitrogen and oxygen atoms in total. The Morgan fingerprint density at radius 3 is 3.00 bits per heavy atom. The van der Waals surface area contributed by atoms with Crippen LogP contribution in [-0.2, 0) is 4.74 Å². The van der Waals surface area contributed by atoms with Crippen molar-refractivity contribution in [3.63, 3.8) is 0 Å². The molecule has 0 aliphatic carbocycles. The molecule has 1 aliphatic heterocycles. The summed E-state index contributed by atoms with van der Waals surface area (Å²) in [6, 6.07) is 4.75. The van der Waals surface area contributed by atoms with Gasteiger partial charge >= 0.3 is 11.7 Å². The molecule has 3 rings (SSSR count). The summed E-state index contributed by atoms with van der Waals surface area (Å²) >= 11 is 0. The van der Waals surface area contributed by atoms with E-state index in [1.54, 1.807) is 12.1 Å². The second-order valence-electron chi connectivity index (χ2n) is 4.68. The molecule has 6 heteroatoms. The maximum absolute atomic E-state index is 12.1. The molecule has 0 radical (unpaired) electrons. The fraction of sp³-hybridized carbons (Fsp3) is 0.385. The topological polar surface area (TPSA) is 84.3 Å². The quantitative estimate of drug-likeness (QED) is 0.856. The van der Waals surface area contributed by atoms with Gasteiger partial charge in [-0.1, -0.05) is 6.07 Å². The Hall–Kier alpha value is -2.08. The Morgan fingerprint density at radius 2 is 2.32 bits per heavy atom. The zero-order chi connectivity index (χ0) is 13.4. The Morgan fingerprint density at radius 1 is 1.47 bits per heavy atom. The maximum Gasteiger partial charge on any atom is 0.337 e. The van der Waals surface area contributed by atoms with Crippen molar-refractivity contribution in [2.45, 2.75) is 18.9 Å². The first-order chi connectivity index (χ1) is 9.18. The Bertz CT molecular complexity index is 679. The lowest BCUT2D eigenvalue weighted by Crippen LogP contribution is -2.29. The number of carboxylic acids is 1. The molecule has 0 bridgehead atoms. The van der Waals surface area contributed by atoms with Crippen LogP contribution in [0.4, 0.5) is 0 Å². The number of imidazole rings is 1. The minimum absolute atomic E-state index is 0.101. The normalized spacial score (nSPS) is 19.7. The average molecular weight is 262 g/mol. The number of hydrogen-bond acceptors (Lipinski definition) is 3. The first-order valence-corrected chi connectivity index (χ1v) is 6.23. The number of aromatic nitrogens is 2. The lowest BCUT2D eigenvalue weighted by molar-refractivity contribution is 0.0591. The number of carbonyl (C=O) groups is 1. The zero-order valence-electron chi connectivity index (χ0n) is 10.3. The minimum atomic E-state index is -1.03. The second kappa shape index (κ2) is 4.55. The molecule has 1 aromatic heterocycles. The van der Waals surface area contributed by atoms with Crippen molar-refractivity contribution in [3.8, 4) is 0 Å². The summed E-state index contributed by atoms with van der Waals surface area (Å²) in [5.74, 6) is -1.03. The Kier molecular flexibility index (Phi) is 2.87. The molecule has 2 heterocycles. The van der Waals surface area contributed by atoms with E-state index in [1.807, 2.05) is 0 Å². The van der Waals surface area contributed by atoms with Crippen molar-refractivity contribution < 1.29 is 14.6 Å². The minimum Gasteiger partial charge on any atom is -0.478 e. The van der Waals surface area contributed by atoms with Gasteiger partial charge in [0, 0.05) is 6.61 Å². The third kappa shape index (κ3) is 1.94. The number of carboxylic acid groups (broad SMARTS) is 1. The lowest BCUT2D eigenvalue weighted by Gasteiger charge is -2.23. The van der Waals surface area contributed by atoms with Crippen molar-refractivity contribution >= 4 is 17.0 Å². The molecule has 1 fully saturated rings. The molecule has 1 atom stereocenters. The highest BCUT2D eigenvalue weighted by atomic mass is 16.5. The molecular weight excluding hydrogens is 248 g/mol. The monoisotopic (exact) mass is 262 g/mol. The lowest BCUT2D eigenvalue weighted by atomic mass is 10.1. The summed E-state index contributed by atoms with van der Waals surface area (Å²) in [7, 11) is 0. The van der Waals surface area contributed by atoms with Gasteiger partial charge in [0.2, 0.25) is 0 Å². The van der Waals surface area contributed by atoms with E-state index in [0.717, 1.165) is 12.8 Å². The third-order valence-electron chi connectivity index (χ3n) is 3.47. The molecule has 1 saturated heterocycles. The SMILES string of the molecule is O=C(O)c1cccc2[nH]c(=O)n(C3CCCOC3)c12. The molecule has 0 saturated carbocycles. The van der Waals surface area contributed by atoms with Gasteiger partial charge in [-0.2, -0.15) is 0 Å². The van der Waals surface area contributed by atoms with Crippen molar-refractivity contribution in [3.05, 3.63) is 34.2 Å². The van der Waals surface area contributed by atoms with Crippen molar-refractivity contribution in [1.82, 2.24) is 9.55 Å². The summed E-state index contributed by atoms with van der Waals surface area (Å²) in [4.78, 5) is 26.1. The predicted octanol–water partition coefficient (Wildman–Crippen LogP) is 1.38. The van der Waals surface area contributed by atoms with Crippen LogP contribution in [0.5, 0.6) is 0 Å². The van der Waals surface area contributed by atoms with Gasteiger partial charge in [-0.25, -0.2) is 9.59 Å². The van der Waals surface area contributed by atoms with Crippen LogP contribution in [0.1, 0.15) is 29.2 Å². The molecule has 19 heavy (non-hydrogen) atoms. The molecule has 0 amide bonds. The number of hydrogen-bond donors (Lipinski definition) is 2. The number of ether oxygens (including phenoxy) is 1. The van der Waals surface area contributed by atoms with Gasteiger partial charge in [-0.05, 0) is 25.0 Å². The van der Waals surface area contributed by atoms with E-state index in [9.17, 15) is 14.7 Å². The van der Waals surface area contributed by atoms with E-state index in [4.69, 9.17) is 4.74 Å². The van der Waals surface area contributed by atoms with Gasteiger partial charge in [0.25, 0.3) is 0 Å². The number of aromatic amines is 1. The van der Waals surface area contributed by atoms with Gasteiger partial charge in [-0.15, -0.1) is 0 Å². The number of rotatable bonds is 2. The Labute approximate surface area is 108 Å². The standard InChI is InChI=1S/C13H14N2O4/c16-12(17)9-4-1-5-10-11(9)15(13(18)14-10)8-3-2-6-19-7-8/h1,4-5,8H,2-3,6-7H2,(H,14,18)(H,16,17). The van der Waals surface area contributed by atoms with Crippen LogP contribution < -0.4 is 5.69 Å². The van der Waals surface area contributed by atoms with Crippen LogP contribution in [0.15, 0.2) is 23.0 Å². The van der Waals surface area contributed by atoms with Crippen molar-refractivity contribution in [1.29, 1.82) is 0 Å². The molecule has 1 aromatic carbocycles. The number of aromatic carboxylic acids is 1. The van der Waals surface area contributed by atoms with Gasteiger partial charge in [0.1, 0.15) is 0 Å². The fourth-order valence-corrected chi connectivity index (χ4v) is 2.63. The van der Waals surface area contributed by atoms with Crippen LogP contribution in [0.2, 0.25) is 0 Å². The highest BCUT2D eigenvalue weighted by molar-refractivity contribution is 6.01. The summed E-state index contributed by atoms with van der Waals surface area (Å²) in [6.45, 7) is 1.14. The second-order valence-corrected chi connectivity index (χ2v) is 4.68. The van der Waals surface area contributed by atoms with Crippen LogP contribution >= 0.6 is 0 Å². The zero-order valence-corrected chi connectivity index (χ0v) is 10.3.